The highest BCUT2D eigenvalue weighted by molar-refractivity contribution is 6.36. The molecule has 0 saturated heterocycles. The van der Waals surface area contributed by atoms with Gasteiger partial charge in [0.05, 0.1) is 18.8 Å². The minimum absolute atomic E-state index is 0.733. The first-order valence-corrected chi connectivity index (χ1v) is 13.1. The molecule has 0 aliphatic carbocycles. The predicted molar refractivity (Wildman–Crippen MR) is 138 cm³/mol. The van der Waals surface area contributed by atoms with Gasteiger partial charge in [0.2, 0.25) is 0 Å². The average Bonchev–Trinajstić information content (AvgIpc) is 2.78. The van der Waals surface area contributed by atoms with Gasteiger partial charge in [-0.3, -0.25) is 0 Å². The molecule has 0 atom stereocenters. The number of hydrogen-bond donors (Lipinski definition) is 0. The van der Waals surface area contributed by atoms with E-state index in [9.17, 15) is 0 Å². The summed E-state index contributed by atoms with van der Waals surface area (Å²) in [6, 6.07) is 23.2. The van der Waals surface area contributed by atoms with Crippen molar-refractivity contribution in [3.8, 4) is 22.6 Å². The molecule has 0 unspecified atom stereocenters. The second-order valence-electron chi connectivity index (χ2n) is 7.43. The molecule has 0 fully saturated rings. The zero-order chi connectivity index (χ0) is 21.8. The van der Waals surface area contributed by atoms with Crippen molar-refractivity contribution in [3.05, 3.63) is 72.3 Å². The fraction of sp³-hybridized carbons (Fsp3) is 0.308. The molecule has 0 radical (unpaired) electrons. The molecule has 0 aliphatic heterocycles. The van der Waals surface area contributed by atoms with E-state index in [1.807, 2.05) is 12.1 Å². The van der Waals surface area contributed by atoms with Gasteiger partial charge in [0.15, 0.2) is 0 Å². The van der Waals surface area contributed by atoms with Crippen molar-refractivity contribution in [1.29, 1.82) is 0 Å². The Labute approximate surface area is 188 Å². The number of ether oxygens (including phenoxy) is 2. The third-order valence-electron chi connectivity index (χ3n) is 4.90. The molecule has 2 nitrogen and oxygen atoms in total. The molecule has 0 saturated carbocycles. The van der Waals surface area contributed by atoms with Gasteiger partial charge in [-0.15, -0.1) is 0 Å². The lowest BCUT2D eigenvalue weighted by molar-refractivity contribution is 0.305. The van der Waals surface area contributed by atoms with Crippen LogP contribution in [0.4, 0.5) is 0 Å². The fourth-order valence-electron chi connectivity index (χ4n) is 3.27. The van der Waals surface area contributed by atoms with Gasteiger partial charge in [0.25, 0.3) is 0 Å². The molecule has 3 aromatic rings. The Morgan fingerprint density at radius 2 is 1.30 bits per heavy atom. The highest BCUT2D eigenvalue weighted by Crippen LogP contribution is 2.38. The first-order chi connectivity index (χ1) is 14.6. The zero-order valence-electron chi connectivity index (χ0n) is 19.2. The molecular weight excluding hydrogens is 400 g/mol. The molecule has 0 N–H and O–H groups in total. The summed E-state index contributed by atoms with van der Waals surface area (Å²) in [6.45, 7) is 7.96. The zero-order valence-corrected chi connectivity index (χ0v) is 23.2. The van der Waals surface area contributed by atoms with Crippen LogP contribution in [0, 0.1) is 0 Å². The second kappa shape index (κ2) is 13.1. The van der Waals surface area contributed by atoms with Crippen LogP contribution in [0.3, 0.4) is 0 Å². The maximum absolute atomic E-state index is 6.19. The molecule has 3 rings (SSSR count). The highest BCUT2D eigenvalue weighted by atomic mass is 28.1. The smallest absolute Gasteiger partial charge is 0.131 e. The van der Waals surface area contributed by atoms with E-state index in [1.54, 1.807) is 0 Å². The minimum atomic E-state index is 0.733. The van der Waals surface area contributed by atoms with Crippen molar-refractivity contribution in [2.24, 2.45) is 0 Å². The van der Waals surface area contributed by atoms with Crippen LogP contribution in [-0.4, -0.2) is 33.7 Å². The normalized spacial score (nSPS) is 10.4. The molecule has 0 amide bonds. The van der Waals surface area contributed by atoms with Gasteiger partial charge in [-0.25, -0.2) is 0 Å². The van der Waals surface area contributed by atoms with Gasteiger partial charge in [-0.1, -0.05) is 86.6 Å². The average molecular weight is 437 g/mol. The summed E-state index contributed by atoms with van der Waals surface area (Å²) in [4.78, 5) is 0. The molecule has 0 aromatic heterocycles. The van der Waals surface area contributed by atoms with E-state index in [0.29, 0.717) is 0 Å². The molecule has 0 spiro atoms. The van der Waals surface area contributed by atoms with Gasteiger partial charge in [0, 0.05) is 20.5 Å². The SMILES string of the molecule is CCCOc1cc(CC)c([SiH3])c(OCCC)c1-c1ccccc1.[SiH3]c1ccccc1. The van der Waals surface area contributed by atoms with Crippen LogP contribution in [0.1, 0.15) is 39.2 Å². The van der Waals surface area contributed by atoms with Crippen LogP contribution in [-0.2, 0) is 6.42 Å². The van der Waals surface area contributed by atoms with Crippen LogP contribution < -0.4 is 19.8 Å². The highest BCUT2D eigenvalue weighted by Gasteiger charge is 2.18. The Morgan fingerprint density at radius 1 is 0.733 bits per heavy atom. The summed E-state index contributed by atoms with van der Waals surface area (Å²) in [5.74, 6) is 2.00. The molecule has 30 heavy (non-hydrogen) atoms. The maximum Gasteiger partial charge on any atom is 0.131 e. The fourth-order valence-corrected chi connectivity index (χ4v) is 4.55. The van der Waals surface area contributed by atoms with E-state index < -0.39 is 0 Å². The topological polar surface area (TPSA) is 18.5 Å². The van der Waals surface area contributed by atoms with Gasteiger partial charge in [-0.2, -0.15) is 0 Å². The molecule has 0 heterocycles. The van der Waals surface area contributed by atoms with Crippen LogP contribution in [0.25, 0.3) is 11.1 Å². The molecule has 3 aromatic carbocycles. The Morgan fingerprint density at radius 3 is 1.80 bits per heavy atom. The Balaban J connectivity index is 0.000000386. The lowest BCUT2D eigenvalue weighted by atomic mass is 10.00. The first-order valence-electron chi connectivity index (χ1n) is 11.1. The molecule has 160 valence electrons. The van der Waals surface area contributed by atoms with Gasteiger partial charge >= 0.3 is 0 Å². The van der Waals surface area contributed by atoms with Crippen molar-refractivity contribution in [3.63, 3.8) is 0 Å². The lowest BCUT2D eigenvalue weighted by Crippen LogP contribution is -2.17. The van der Waals surface area contributed by atoms with Crippen LogP contribution in [0.15, 0.2) is 66.7 Å². The summed E-state index contributed by atoms with van der Waals surface area (Å²) in [5.41, 5.74) is 3.65. The minimum Gasteiger partial charge on any atom is -0.493 e. The Hall–Kier alpha value is -2.31. The van der Waals surface area contributed by atoms with Crippen molar-refractivity contribution in [1.82, 2.24) is 0 Å². The van der Waals surface area contributed by atoms with Crippen molar-refractivity contribution in [2.75, 3.05) is 13.2 Å². The van der Waals surface area contributed by atoms with E-state index in [2.05, 4.69) is 75.4 Å². The van der Waals surface area contributed by atoms with Crippen molar-refractivity contribution in [2.45, 2.75) is 40.0 Å². The van der Waals surface area contributed by atoms with Crippen molar-refractivity contribution < 1.29 is 9.47 Å². The third-order valence-corrected chi connectivity index (χ3v) is 6.66. The van der Waals surface area contributed by atoms with Gasteiger partial charge in [0.1, 0.15) is 11.5 Å². The van der Waals surface area contributed by atoms with Gasteiger partial charge in [-0.05, 0) is 41.6 Å². The third kappa shape index (κ3) is 6.89. The van der Waals surface area contributed by atoms with E-state index in [0.717, 1.165) is 59.8 Å². The van der Waals surface area contributed by atoms with Crippen LogP contribution in [0.2, 0.25) is 0 Å². The number of rotatable bonds is 8. The number of hydrogen-bond acceptors (Lipinski definition) is 2. The monoisotopic (exact) mass is 436 g/mol. The predicted octanol–water partition coefficient (Wildman–Crippen LogP) is 3.16. The Kier molecular flexibility index (Phi) is 10.5. The van der Waals surface area contributed by atoms with Gasteiger partial charge < -0.3 is 9.47 Å². The first kappa shape index (κ1) is 24.0. The standard InChI is InChI=1S/C20H28O2Si.C6H8Si/c1-4-12-21-17-14-15(6-3)20(23)19(22-13-5-2)18(17)16-10-8-7-9-11-16;7-6-4-2-1-3-5-6/h7-11,14H,4-6,12-13H2,1-3,23H3;1-5H,7H3. The summed E-state index contributed by atoms with van der Waals surface area (Å²) < 4.78 is 12.3. The van der Waals surface area contributed by atoms with E-state index in [-0.39, 0.29) is 0 Å². The summed E-state index contributed by atoms with van der Waals surface area (Å²) in [5, 5.41) is 2.83. The molecule has 0 aliphatic rings. The second-order valence-corrected chi connectivity index (χ2v) is 9.59. The Bertz CT molecular complexity index is 881. The van der Waals surface area contributed by atoms with E-state index in [4.69, 9.17) is 9.47 Å². The number of benzene rings is 3. The van der Waals surface area contributed by atoms with Crippen molar-refractivity contribution >= 4 is 30.9 Å². The quantitative estimate of drug-likeness (QED) is 0.505. The molecule has 4 heteroatoms. The molecule has 0 bridgehead atoms. The summed E-state index contributed by atoms with van der Waals surface area (Å²) in [7, 11) is 2.15. The summed E-state index contributed by atoms with van der Waals surface area (Å²) in [6.07, 6.45) is 3.03. The van der Waals surface area contributed by atoms with Crippen LogP contribution in [0.5, 0.6) is 11.5 Å². The molecular formula is C26H36O2Si2. The van der Waals surface area contributed by atoms with E-state index >= 15 is 0 Å². The number of aryl methyl sites for hydroxylation is 1. The van der Waals surface area contributed by atoms with Crippen LogP contribution >= 0.6 is 0 Å². The lowest BCUT2D eigenvalue weighted by Gasteiger charge is -2.21. The maximum atomic E-state index is 6.19. The summed E-state index contributed by atoms with van der Waals surface area (Å²) >= 11 is 0. The largest absolute Gasteiger partial charge is 0.493 e. The van der Waals surface area contributed by atoms with E-state index in [1.165, 1.54) is 31.7 Å².